The molecule has 0 bridgehead atoms. The minimum absolute atomic E-state index is 0.0417. The molecule has 4 aliphatic rings. The van der Waals surface area contributed by atoms with Crippen LogP contribution < -0.4 is 0 Å². The molecule has 0 aromatic carbocycles. The van der Waals surface area contributed by atoms with Crippen LogP contribution in [0.1, 0.15) is 235 Å². The molecule has 2 aromatic rings. The topological polar surface area (TPSA) is 168 Å². The second kappa shape index (κ2) is 19.6. The number of hydrogen-bond donors (Lipinski definition) is 1. The van der Waals surface area contributed by atoms with Gasteiger partial charge in [0.1, 0.15) is 17.1 Å². The van der Waals surface area contributed by atoms with Crippen molar-refractivity contribution in [2.45, 2.75) is 206 Å². The number of esters is 3. The van der Waals surface area contributed by atoms with E-state index in [1.165, 1.54) is 32.6 Å². The number of methoxy groups -OCH3 is 2. The van der Waals surface area contributed by atoms with E-state index >= 15 is 0 Å². The lowest BCUT2D eigenvalue weighted by Crippen LogP contribution is -2.26. The molecule has 0 aliphatic heterocycles. The van der Waals surface area contributed by atoms with E-state index in [1.54, 1.807) is 0 Å². The number of aliphatic carboxylic acids is 1. The van der Waals surface area contributed by atoms with Crippen LogP contribution in [0.3, 0.4) is 0 Å². The highest BCUT2D eigenvalue weighted by molar-refractivity contribution is 5.72. The van der Waals surface area contributed by atoms with Gasteiger partial charge in [-0.15, -0.1) is 0 Å². The maximum atomic E-state index is 12.6. The predicted molar refractivity (Wildman–Crippen MR) is 227 cm³/mol. The molecular formula is C48H74N2O10. The van der Waals surface area contributed by atoms with Crippen LogP contribution in [0.2, 0.25) is 0 Å². The second-order valence-electron chi connectivity index (χ2n) is 21.9. The number of nitrogens with zero attached hydrogens (tertiary/aromatic N) is 2. The molecule has 0 amide bonds. The summed E-state index contributed by atoms with van der Waals surface area (Å²) in [6.45, 7) is 19.3. The Morgan fingerprint density at radius 3 is 1.32 bits per heavy atom. The summed E-state index contributed by atoms with van der Waals surface area (Å²) in [4.78, 5) is 47.4. The highest BCUT2D eigenvalue weighted by Crippen LogP contribution is 2.55. The maximum Gasteiger partial charge on any atom is 0.306 e. The van der Waals surface area contributed by atoms with Gasteiger partial charge in [-0.2, -0.15) is 0 Å². The van der Waals surface area contributed by atoms with Crippen molar-refractivity contribution in [1.82, 2.24) is 10.3 Å². The summed E-state index contributed by atoms with van der Waals surface area (Å²) in [6.07, 6.45) is 13.0. The molecule has 2 aromatic heterocycles. The van der Waals surface area contributed by atoms with Gasteiger partial charge in [0, 0.05) is 47.6 Å². The fourth-order valence-electron chi connectivity index (χ4n) is 9.61. The molecule has 12 heteroatoms. The summed E-state index contributed by atoms with van der Waals surface area (Å²) in [7, 11) is 2.74. The number of carbonyl (C=O) groups is 4. The lowest BCUT2D eigenvalue weighted by molar-refractivity contribution is -0.155. The molecule has 2 atom stereocenters. The number of carboxylic acids is 1. The number of ether oxygens (including phenoxy) is 3. The van der Waals surface area contributed by atoms with Crippen molar-refractivity contribution in [3.8, 4) is 0 Å². The fraction of sp³-hybridized carbons (Fsp3) is 0.792. The van der Waals surface area contributed by atoms with Crippen molar-refractivity contribution in [1.29, 1.82) is 0 Å². The number of aromatic nitrogens is 2. The molecule has 0 radical (unpaired) electrons. The summed E-state index contributed by atoms with van der Waals surface area (Å²) < 4.78 is 26.9. The van der Waals surface area contributed by atoms with Crippen LogP contribution in [-0.4, -0.2) is 59.1 Å². The van der Waals surface area contributed by atoms with Crippen molar-refractivity contribution >= 4 is 23.9 Å². The predicted octanol–water partition coefficient (Wildman–Crippen LogP) is 11.2. The molecule has 12 nitrogen and oxygen atoms in total. The van der Waals surface area contributed by atoms with E-state index in [1.807, 2.05) is 20.8 Å². The standard InChI is InChI=1S/C26H41NO5.C22H33NO5/c1-25(2,3)15-16-12-19(13-16)24-22(17-8-9-17)23(27-32-24)18(10-11-20(28)30-7)14-21(29)31-26(4,5)6;1-22(2,3)12-13-9-16(10-13)21-19(14-5-6-14)20(23-28-21)15(11-17(24)25)7-8-18(26)27-4/h16-19H,8-15H2,1-7H3;13-16H,5-12H2,1-4H3,(H,24,25). The number of hydrogen-bond acceptors (Lipinski definition) is 11. The summed E-state index contributed by atoms with van der Waals surface area (Å²) in [5.74, 6) is 2.92. The smallest absolute Gasteiger partial charge is 0.306 e. The maximum absolute atomic E-state index is 12.6. The van der Waals surface area contributed by atoms with Gasteiger partial charge in [0.25, 0.3) is 0 Å². The first-order chi connectivity index (χ1) is 28.0. The molecule has 2 heterocycles. The third-order valence-electron chi connectivity index (χ3n) is 12.4. The first-order valence-electron chi connectivity index (χ1n) is 22.6. The van der Waals surface area contributed by atoms with Gasteiger partial charge in [-0.05, 0) is 132 Å². The van der Waals surface area contributed by atoms with Gasteiger partial charge in [-0.25, -0.2) is 0 Å². The summed E-state index contributed by atoms with van der Waals surface area (Å²) in [5.41, 5.74) is 4.11. The Morgan fingerprint density at radius 1 is 0.617 bits per heavy atom. The van der Waals surface area contributed by atoms with Gasteiger partial charge < -0.3 is 28.4 Å². The highest BCUT2D eigenvalue weighted by atomic mass is 16.6. The van der Waals surface area contributed by atoms with Crippen LogP contribution in [0.25, 0.3) is 0 Å². The van der Waals surface area contributed by atoms with E-state index < -0.39 is 11.6 Å². The first kappa shape index (κ1) is 47.4. The van der Waals surface area contributed by atoms with Gasteiger partial charge >= 0.3 is 23.9 Å². The molecule has 4 aliphatic carbocycles. The van der Waals surface area contributed by atoms with E-state index in [-0.39, 0.29) is 55.4 Å². The normalized spacial score (nSPS) is 22.6. The molecule has 0 saturated heterocycles. The van der Waals surface area contributed by atoms with Gasteiger partial charge in [0.15, 0.2) is 0 Å². The van der Waals surface area contributed by atoms with Crippen molar-refractivity contribution in [2.75, 3.05) is 14.2 Å². The first-order valence-corrected chi connectivity index (χ1v) is 22.6. The zero-order valence-corrected chi connectivity index (χ0v) is 38.4. The lowest BCUT2D eigenvalue weighted by atomic mass is 9.66. The van der Waals surface area contributed by atoms with Crippen molar-refractivity contribution in [2.24, 2.45) is 22.7 Å². The SMILES string of the molecule is COC(=O)CCC(CC(=O)O)c1noc(C2CC(CC(C)(C)C)C2)c1C1CC1.COC(=O)CCC(CC(=O)OC(C)(C)C)c1noc(C2CC(CC(C)(C)C)C2)c1C1CC1. The molecule has 6 rings (SSSR count). The number of rotatable bonds is 18. The van der Waals surface area contributed by atoms with E-state index in [0.717, 1.165) is 91.7 Å². The van der Waals surface area contributed by atoms with Crippen LogP contribution in [-0.2, 0) is 33.4 Å². The Morgan fingerprint density at radius 2 is 1.00 bits per heavy atom. The quantitative estimate of drug-likeness (QED) is 0.112. The molecular weight excluding hydrogens is 765 g/mol. The van der Waals surface area contributed by atoms with Gasteiger partial charge in [-0.3, -0.25) is 19.2 Å². The van der Waals surface area contributed by atoms with Gasteiger partial charge in [0.2, 0.25) is 0 Å². The Bertz CT molecular complexity index is 1770. The van der Waals surface area contributed by atoms with E-state index in [4.69, 9.17) is 23.3 Å². The van der Waals surface area contributed by atoms with Crippen molar-refractivity contribution in [3.63, 3.8) is 0 Å². The monoisotopic (exact) mass is 839 g/mol. The Hall–Kier alpha value is -3.70. The van der Waals surface area contributed by atoms with Gasteiger partial charge in [0.05, 0.1) is 38.4 Å². The fourth-order valence-corrected chi connectivity index (χ4v) is 9.61. The van der Waals surface area contributed by atoms with Crippen LogP contribution >= 0.6 is 0 Å². The van der Waals surface area contributed by atoms with Crippen molar-refractivity contribution < 1.29 is 47.5 Å². The van der Waals surface area contributed by atoms with E-state index in [0.29, 0.717) is 47.3 Å². The summed E-state index contributed by atoms with van der Waals surface area (Å²) in [6, 6.07) is 0. The van der Waals surface area contributed by atoms with Gasteiger partial charge in [-0.1, -0.05) is 51.9 Å². The Balaban J connectivity index is 0.000000230. The largest absolute Gasteiger partial charge is 0.481 e. The number of carboxylic acid groups (broad SMARTS) is 1. The molecule has 0 spiro atoms. The molecule has 4 fully saturated rings. The average molecular weight is 839 g/mol. The third-order valence-corrected chi connectivity index (χ3v) is 12.4. The summed E-state index contributed by atoms with van der Waals surface area (Å²) in [5, 5.41) is 18.2. The molecule has 1 N–H and O–H groups in total. The molecule has 2 unspecified atom stereocenters. The minimum Gasteiger partial charge on any atom is -0.481 e. The van der Waals surface area contributed by atoms with Crippen molar-refractivity contribution in [3.05, 3.63) is 34.0 Å². The van der Waals surface area contributed by atoms with E-state index in [2.05, 4.69) is 51.9 Å². The van der Waals surface area contributed by atoms with Crippen LogP contribution in [0.15, 0.2) is 9.05 Å². The van der Waals surface area contributed by atoms with E-state index in [9.17, 15) is 24.3 Å². The molecule has 336 valence electrons. The summed E-state index contributed by atoms with van der Waals surface area (Å²) >= 11 is 0. The zero-order chi connectivity index (χ0) is 44.2. The molecule has 4 saturated carbocycles. The number of carbonyl (C=O) groups excluding carboxylic acids is 3. The Kier molecular flexibility index (Phi) is 15.4. The van der Waals surface area contributed by atoms with Crippen LogP contribution in [0.5, 0.6) is 0 Å². The lowest BCUT2D eigenvalue weighted by Gasteiger charge is -2.38. The minimum atomic E-state index is -0.880. The highest BCUT2D eigenvalue weighted by Gasteiger charge is 2.44. The second-order valence-corrected chi connectivity index (χ2v) is 21.9. The van der Waals surface area contributed by atoms with Crippen LogP contribution in [0, 0.1) is 22.7 Å². The average Bonchev–Trinajstić information content (AvgIpc) is 4.04. The third kappa shape index (κ3) is 13.9. The van der Waals surface area contributed by atoms with Crippen LogP contribution in [0.4, 0.5) is 0 Å². The Labute approximate surface area is 358 Å². The molecule has 60 heavy (non-hydrogen) atoms. The zero-order valence-electron chi connectivity index (χ0n) is 38.4.